The quantitative estimate of drug-likeness (QED) is 0.652. The van der Waals surface area contributed by atoms with Crippen molar-refractivity contribution in [3.8, 4) is 0 Å². The van der Waals surface area contributed by atoms with Crippen molar-refractivity contribution in [2.75, 3.05) is 24.5 Å². The van der Waals surface area contributed by atoms with E-state index in [9.17, 15) is 9.59 Å². The third-order valence-electron chi connectivity index (χ3n) is 6.81. The van der Waals surface area contributed by atoms with Crippen LogP contribution in [-0.4, -0.2) is 79.5 Å². The molecule has 2 N–H and O–H groups in total. The minimum absolute atomic E-state index is 0.0364. The highest BCUT2D eigenvalue weighted by atomic mass is 16.3. The van der Waals surface area contributed by atoms with Gasteiger partial charge in [0.2, 0.25) is 17.8 Å². The van der Waals surface area contributed by atoms with Crippen molar-refractivity contribution in [3.05, 3.63) is 12.5 Å². The Hall–Kier alpha value is -3.24. The predicted molar refractivity (Wildman–Crippen MR) is 116 cm³/mol. The fraction of sp³-hybridized carbons (Fsp3) is 0.619. The van der Waals surface area contributed by atoms with E-state index in [-0.39, 0.29) is 30.4 Å². The number of amides is 2. The van der Waals surface area contributed by atoms with E-state index < -0.39 is 0 Å². The van der Waals surface area contributed by atoms with Gasteiger partial charge in [-0.05, 0) is 31.1 Å². The lowest BCUT2D eigenvalue weighted by Crippen LogP contribution is -2.67. The Bertz CT molecular complexity index is 1010. The van der Waals surface area contributed by atoms with E-state index in [1.807, 2.05) is 17.8 Å². The summed E-state index contributed by atoms with van der Waals surface area (Å²) >= 11 is 0. The molecule has 0 saturated carbocycles. The summed E-state index contributed by atoms with van der Waals surface area (Å²) in [6.45, 7) is 3.44. The highest BCUT2D eigenvalue weighted by molar-refractivity contribution is 5.78. The summed E-state index contributed by atoms with van der Waals surface area (Å²) in [6, 6.07) is 0.280. The van der Waals surface area contributed by atoms with Gasteiger partial charge in [-0.1, -0.05) is 0 Å². The molecule has 5 heterocycles. The first-order valence-electron chi connectivity index (χ1n) is 10.9. The molecule has 5 rings (SSSR count). The van der Waals surface area contributed by atoms with Crippen LogP contribution in [0.1, 0.15) is 32.6 Å². The maximum atomic E-state index is 12.8. The summed E-state index contributed by atoms with van der Waals surface area (Å²) < 4.78 is 1.92. The number of hydrogen-bond acceptors (Lipinski definition) is 7. The van der Waals surface area contributed by atoms with Crippen LogP contribution in [0, 0.1) is 11.8 Å². The smallest absolute Gasteiger partial charge is 0.290 e. The van der Waals surface area contributed by atoms with Crippen LogP contribution in [-0.2, 0) is 21.4 Å². The van der Waals surface area contributed by atoms with E-state index in [1.165, 1.54) is 6.92 Å². The molecule has 3 saturated heterocycles. The van der Waals surface area contributed by atoms with Crippen LogP contribution >= 0.6 is 0 Å². The minimum atomic E-state index is -0.250. The Morgan fingerprint density at radius 3 is 2.81 bits per heavy atom. The first kappa shape index (κ1) is 22.0. The number of carbonyl (C=O) groups is 3. The fourth-order valence-electron chi connectivity index (χ4n) is 5.51. The number of anilines is 1. The highest BCUT2D eigenvalue weighted by Crippen LogP contribution is 2.42. The number of rotatable bonds is 3. The summed E-state index contributed by atoms with van der Waals surface area (Å²) in [5, 5.41) is 9.85. The largest absolute Gasteiger partial charge is 0.483 e. The van der Waals surface area contributed by atoms with Crippen LogP contribution in [0.2, 0.25) is 0 Å². The van der Waals surface area contributed by atoms with Gasteiger partial charge in [-0.3, -0.25) is 14.4 Å². The predicted octanol–water partition coefficient (Wildman–Crippen LogP) is 0.406. The van der Waals surface area contributed by atoms with Gasteiger partial charge >= 0.3 is 0 Å². The molecule has 2 aromatic heterocycles. The highest BCUT2D eigenvalue weighted by Gasteiger charge is 2.49. The Kier molecular flexibility index (Phi) is 6.24. The molecule has 3 aliphatic heterocycles. The fourth-order valence-corrected chi connectivity index (χ4v) is 5.51. The maximum Gasteiger partial charge on any atom is 0.290 e. The second kappa shape index (κ2) is 9.09. The molecule has 2 bridgehead atoms. The molecular weight excluding hydrogens is 414 g/mol. The van der Waals surface area contributed by atoms with E-state index in [0.717, 1.165) is 37.9 Å². The number of aromatic nitrogens is 4. The molecule has 3 aliphatic rings. The lowest BCUT2D eigenvalue weighted by molar-refractivity contribution is -0.149. The van der Waals surface area contributed by atoms with Gasteiger partial charge in [-0.2, -0.15) is 4.98 Å². The molecule has 0 radical (unpaired) electrons. The normalized spacial score (nSPS) is 26.8. The topological polar surface area (TPSA) is 134 Å². The molecule has 0 spiro atoms. The molecule has 4 atom stereocenters. The molecule has 11 nitrogen and oxygen atoms in total. The Balaban J connectivity index is 0.000000775. The number of carboxylic acid groups (broad SMARTS) is 1. The lowest BCUT2D eigenvalue weighted by Gasteiger charge is -2.56. The van der Waals surface area contributed by atoms with E-state index in [1.54, 1.807) is 6.33 Å². The van der Waals surface area contributed by atoms with Gasteiger partial charge in [-0.25, -0.2) is 9.97 Å². The van der Waals surface area contributed by atoms with Gasteiger partial charge in [0.05, 0.1) is 18.6 Å². The number of nitrogens with zero attached hydrogens (tertiary/aromatic N) is 6. The average molecular weight is 444 g/mol. The molecule has 172 valence electrons. The summed E-state index contributed by atoms with van der Waals surface area (Å²) in [6.07, 6.45) is 7.28. The molecule has 2 amide bonds. The number of hydrogen-bond donors (Lipinski definition) is 2. The Labute approximate surface area is 185 Å². The maximum absolute atomic E-state index is 12.8. The van der Waals surface area contributed by atoms with Crippen molar-refractivity contribution in [1.82, 2.24) is 29.7 Å². The van der Waals surface area contributed by atoms with E-state index in [2.05, 4.69) is 25.1 Å². The molecule has 0 aromatic carbocycles. The molecule has 3 fully saturated rings. The van der Waals surface area contributed by atoms with E-state index in [4.69, 9.17) is 14.9 Å². The van der Waals surface area contributed by atoms with Crippen molar-refractivity contribution >= 4 is 35.4 Å². The molecule has 11 heteroatoms. The van der Waals surface area contributed by atoms with Gasteiger partial charge in [0.1, 0.15) is 5.52 Å². The van der Waals surface area contributed by atoms with Crippen LogP contribution < -0.4 is 10.2 Å². The summed E-state index contributed by atoms with van der Waals surface area (Å²) in [5.41, 5.74) is 1.62. The number of fused-ring (bicyclic) bond motifs is 5. The SMILES string of the molecule is CC(=O)NC[C@H]1[C@H]2C[C@H](CN(c3ncc4c(ncn4C)n3)C2)[C@@H]2CCCC(=O)N21.O=CO. The second-order valence-electron chi connectivity index (χ2n) is 8.77. The Morgan fingerprint density at radius 1 is 1.31 bits per heavy atom. The van der Waals surface area contributed by atoms with Gasteiger partial charge in [0, 0.05) is 46.1 Å². The summed E-state index contributed by atoms with van der Waals surface area (Å²) in [5.74, 6) is 1.60. The van der Waals surface area contributed by atoms with Crippen LogP contribution in [0.5, 0.6) is 0 Å². The first-order chi connectivity index (χ1) is 15.4. The van der Waals surface area contributed by atoms with Crippen LogP contribution in [0.3, 0.4) is 0 Å². The zero-order valence-electron chi connectivity index (χ0n) is 18.3. The van der Waals surface area contributed by atoms with E-state index in [0.29, 0.717) is 36.4 Å². The lowest BCUT2D eigenvalue weighted by atomic mass is 9.72. The molecule has 0 aliphatic carbocycles. The number of aryl methyl sites for hydroxylation is 1. The number of nitrogens with one attached hydrogen (secondary N) is 1. The van der Waals surface area contributed by atoms with Gasteiger partial charge in [0.25, 0.3) is 6.47 Å². The zero-order valence-corrected chi connectivity index (χ0v) is 18.3. The third-order valence-corrected chi connectivity index (χ3v) is 6.81. The zero-order chi connectivity index (χ0) is 22.8. The van der Waals surface area contributed by atoms with Crippen molar-refractivity contribution in [2.45, 2.75) is 44.7 Å². The molecular formula is C21H29N7O4. The van der Waals surface area contributed by atoms with Crippen molar-refractivity contribution in [2.24, 2.45) is 18.9 Å². The average Bonchev–Trinajstić information content (AvgIpc) is 3.14. The van der Waals surface area contributed by atoms with Gasteiger partial charge in [-0.15, -0.1) is 0 Å². The summed E-state index contributed by atoms with van der Waals surface area (Å²) in [4.78, 5) is 50.7. The van der Waals surface area contributed by atoms with Crippen LogP contribution in [0.15, 0.2) is 12.5 Å². The van der Waals surface area contributed by atoms with Crippen LogP contribution in [0.4, 0.5) is 5.95 Å². The third kappa shape index (κ3) is 4.11. The van der Waals surface area contributed by atoms with Crippen molar-refractivity contribution < 1.29 is 19.5 Å². The van der Waals surface area contributed by atoms with Crippen LogP contribution in [0.25, 0.3) is 11.2 Å². The van der Waals surface area contributed by atoms with Gasteiger partial charge in [0.15, 0.2) is 5.65 Å². The number of imidazole rings is 1. The molecule has 0 unspecified atom stereocenters. The van der Waals surface area contributed by atoms with E-state index >= 15 is 0 Å². The van der Waals surface area contributed by atoms with Gasteiger partial charge < -0.3 is 24.8 Å². The molecule has 2 aromatic rings. The Morgan fingerprint density at radius 2 is 2.06 bits per heavy atom. The second-order valence-corrected chi connectivity index (χ2v) is 8.77. The monoisotopic (exact) mass is 443 g/mol. The minimum Gasteiger partial charge on any atom is -0.483 e. The van der Waals surface area contributed by atoms with Crippen molar-refractivity contribution in [1.29, 1.82) is 0 Å². The summed E-state index contributed by atoms with van der Waals surface area (Å²) in [7, 11) is 1.94. The standard InChI is InChI=1S/C20H27N7O2.CH2O2/c1-12(28)21-7-16-14-6-13(15-4-3-5-18(29)27(15)16)9-26(10-14)20-22-8-17-19(24-20)23-11-25(17)2;2-1-3/h8,11,13-16H,3-7,9-10H2,1-2H3,(H,21,28);1H,(H,2,3)/t13-,14+,15+,16+;/m1./s1. The first-order valence-corrected chi connectivity index (χ1v) is 10.9. The molecule has 32 heavy (non-hydrogen) atoms. The number of carbonyl (C=O) groups excluding carboxylic acids is 2. The van der Waals surface area contributed by atoms with Crippen molar-refractivity contribution in [3.63, 3.8) is 0 Å². The number of piperidine rings is 3.